The SMILES string of the molecule is COc1ccc(C[NH+]2CC[NH+]([C@@H](C)C(=O)Nc3ccc(F)cc3)CC2)cc1OC. The summed E-state index contributed by atoms with van der Waals surface area (Å²) in [5.74, 6) is 1.14. The third-order valence-corrected chi connectivity index (χ3v) is 5.62. The van der Waals surface area contributed by atoms with Crippen LogP contribution in [-0.2, 0) is 11.3 Å². The summed E-state index contributed by atoms with van der Waals surface area (Å²) in [7, 11) is 3.28. The number of amides is 1. The van der Waals surface area contributed by atoms with E-state index in [-0.39, 0.29) is 17.8 Å². The lowest BCUT2D eigenvalue weighted by molar-refractivity contribution is -1.02. The number of rotatable bonds is 7. The van der Waals surface area contributed by atoms with Crippen LogP contribution >= 0.6 is 0 Å². The molecule has 0 bridgehead atoms. The first-order valence-electron chi connectivity index (χ1n) is 9.95. The van der Waals surface area contributed by atoms with Gasteiger partial charge >= 0.3 is 0 Å². The highest BCUT2D eigenvalue weighted by Crippen LogP contribution is 2.27. The number of carbonyl (C=O) groups excluding carboxylic acids is 1. The number of ether oxygens (including phenoxy) is 2. The van der Waals surface area contributed by atoms with E-state index in [4.69, 9.17) is 9.47 Å². The molecule has 1 aliphatic rings. The minimum Gasteiger partial charge on any atom is -0.493 e. The monoisotopic (exact) mass is 403 g/mol. The Hall–Kier alpha value is -2.64. The van der Waals surface area contributed by atoms with Crippen molar-refractivity contribution in [2.75, 3.05) is 45.7 Å². The van der Waals surface area contributed by atoms with Gasteiger partial charge in [0.25, 0.3) is 5.91 Å². The zero-order valence-corrected chi connectivity index (χ0v) is 17.3. The van der Waals surface area contributed by atoms with E-state index in [0.29, 0.717) is 5.69 Å². The van der Waals surface area contributed by atoms with Crippen molar-refractivity contribution in [2.24, 2.45) is 0 Å². The molecule has 3 N–H and O–H groups in total. The van der Waals surface area contributed by atoms with E-state index >= 15 is 0 Å². The molecule has 156 valence electrons. The molecule has 1 aliphatic heterocycles. The van der Waals surface area contributed by atoms with E-state index in [0.717, 1.165) is 44.2 Å². The molecule has 2 aromatic rings. The van der Waals surface area contributed by atoms with Crippen molar-refractivity contribution in [2.45, 2.75) is 19.5 Å². The van der Waals surface area contributed by atoms with Crippen molar-refractivity contribution in [3.05, 3.63) is 53.8 Å². The largest absolute Gasteiger partial charge is 0.493 e. The lowest BCUT2D eigenvalue weighted by Crippen LogP contribution is -3.29. The first kappa shape index (κ1) is 21.1. The molecule has 0 radical (unpaired) electrons. The molecule has 1 fully saturated rings. The third-order valence-electron chi connectivity index (χ3n) is 5.62. The number of nitrogens with one attached hydrogen (secondary N) is 3. The van der Waals surface area contributed by atoms with Gasteiger partial charge in [0.1, 0.15) is 38.5 Å². The molecule has 1 saturated heterocycles. The third kappa shape index (κ3) is 5.46. The second-order valence-corrected chi connectivity index (χ2v) is 7.49. The van der Waals surface area contributed by atoms with Gasteiger partial charge in [0.15, 0.2) is 17.5 Å². The Bertz CT molecular complexity index is 821. The van der Waals surface area contributed by atoms with Gasteiger partial charge in [-0.3, -0.25) is 4.79 Å². The van der Waals surface area contributed by atoms with Gasteiger partial charge in [0.2, 0.25) is 0 Å². The van der Waals surface area contributed by atoms with Crippen molar-refractivity contribution in [1.82, 2.24) is 0 Å². The van der Waals surface area contributed by atoms with E-state index in [2.05, 4.69) is 11.4 Å². The molecule has 0 unspecified atom stereocenters. The van der Waals surface area contributed by atoms with E-state index in [1.165, 1.54) is 27.5 Å². The second kappa shape index (κ2) is 9.71. The Balaban J connectivity index is 1.50. The van der Waals surface area contributed by atoms with Crippen molar-refractivity contribution in [1.29, 1.82) is 0 Å². The molecule has 3 rings (SSSR count). The Labute approximate surface area is 171 Å². The topological polar surface area (TPSA) is 56.4 Å². The highest BCUT2D eigenvalue weighted by atomic mass is 19.1. The highest BCUT2D eigenvalue weighted by Gasteiger charge is 2.31. The smallest absolute Gasteiger partial charge is 0.282 e. The van der Waals surface area contributed by atoms with Gasteiger partial charge in [-0.1, -0.05) is 0 Å². The first-order chi connectivity index (χ1) is 14.0. The summed E-state index contributed by atoms with van der Waals surface area (Å²) in [6.45, 7) is 6.73. The van der Waals surface area contributed by atoms with E-state index in [1.54, 1.807) is 26.4 Å². The molecule has 1 amide bonds. The molecular weight excluding hydrogens is 373 g/mol. The number of methoxy groups -OCH3 is 2. The summed E-state index contributed by atoms with van der Waals surface area (Å²) in [6, 6.07) is 11.8. The van der Waals surface area contributed by atoms with Crippen molar-refractivity contribution < 1.29 is 28.5 Å². The average Bonchev–Trinajstić information content (AvgIpc) is 2.75. The quantitative estimate of drug-likeness (QED) is 0.617. The van der Waals surface area contributed by atoms with E-state index < -0.39 is 0 Å². The van der Waals surface area contributed by atoms with Crippen molar-refractivity contribution in [3.63, 3.8) is 0 Å². The van der Waals surface area contributed by atoms with Gasteiger partial charge in [-0.2, -0.15) is 0 Å². The van der Waals surface area contributed by atoms with Crippen molar-refractivity contribution >= 4 is 11.6 Å². The Morgan fingerprint density at radius 3 is 2.31 bits per heavy atom. The number of piperazine rings is 1. The van der Waals surface area contributed by atoms with Crippen LogP contribution in [0.2, 0.25) is 0 Å². The van der Waals surface area contributed by atoms with Crippen LogP contribution in [0.25, 0.3) is 0 Å². The molecule has 0 saturated carbocycles. The number of halogens is 1. The summed E-state index contributed by atoms with van der Waals surface area (Å²) >= 11 is 0. The molecule has 0 spiro atoms. The fraction of sp³-hybridized carbons (Fsp3) is 0.409. The van der Waals surface area contributed by atoms with E-state index in [9.17, 15) is 9.18 Å². The molecule has 1 heterocycles. The zero-order valence-electron chi connectivity index (χ0n) is 17.3. The van der Waals surface area contributed by atoms with Crippen molar-refractivity contribution in [3.8, 4) is 11.5 Å². The number of anilines is 1. The fourth-order valence-electron chi connectivity index (χ4n) is 3.78. The molecule has 29 heavy (non-hydrogen) atoms. The summed E-state index contributed by atoms with van der Waals surface area (Å²) in [6.07, 6.45) is 0. The van der Waals surface area contributed by atoms with Gasteiger partial charge in [-0.15, -0.1) is 0 Å². The number of hydrogen-bond acceptors (Lipinski definition) is 3. The van der Waals surface area contributed by atoms with Crippen LogP contribution in [0.4, 0.5) is 10.1 Å². The fourth-order valence-corrected chi connectivity index (χ4v) is 3.78. The summed E-state index contributed by atoms with van der Waals surface area (Å²) in [4.78, 5) is 15.3. The first-order valence-corrected chi connectivity index (χ1v) is 9.95. The summed E-state index contributed by atoms with van der Waals surface area (Å²) in [5.41, 5.74) is 1.84. The Kier molecular flexibility index (Phi) is 7.06. The van der Waals surface area contributed by atoms with Gasteiger partial charge < -0.3 is 24.6 Å². The molecule has 2 aromatic carbocycles. The van der Waals surface area contributed by atoms with E-state index in [1.807, 2.05) is 19.1 Å². The lowest BCUT2D eigenvalue weighted by atomic mass is 10.1. The minimum atomic E-state index is -0.310. The molecule has 0 aromatic heterocycles. The van der Waals surface area contributed by atoms with Crippen LogP contribution in [0.3, 0.4) is 0 Å². The second-order valence-electron chi connectivity index (χ2n) is 7.49. The summed E-state index contributed by atoms with van der Waals surface area (Å²) < 4.78 is 23.7. The van der Waals surface area contributed by atoms with Crippen LogP contribution < -0.4 is 24.6 Å². The number of hydrogen-bond donors (Lipinski definition) is 3. The Morgan fingerprint density at radius 1 is 1.03 bits per heavy atom. The minimum absolute atomic E-state index is 0.0325. The molecular formula is C22H30FN3O3+2. The maximum Gasteiger partial charge on any atom is 0.282 e. The molecule has 7 heteroatoms. The van der Waals surface area contributed by atoms with Gasteiger partial charge in [-0.05, 0) is 49.4 Å². The number of carbonyl (C=O) groups is 1. The summed E-state index contributed by atoms with van der Waals surface area (Å²) in [5, 5.41) is 2.88. The zero-order chi connectivity index (χ0) is 20.8. The van der Waals surface area contributed by atoms with Gasteiger partial charge in [-0.25, -0.2) is 4.39 Å². The van der Waals surface area contributed by atoms with Gasteiger partial charge in [0, 0.05) is 11.3 Å². The highest BCUT2D eigenvalue weighted by molar-refractivity contribution is 5.93. The number of benzene rings is 2. The van der Waals surface area contributed by atoms with Gasteiger partial charge in [0.05, 0.1) is 14.2 Å². The average molecular weight is 403 g/mol. The normalized spacial score (nSPS) is 20.0. The van der Waals surface area contributed by atoms with Crippen LogP contribution in [0.15, 0.2) is 42.5 Å². The maximum atomic E-state index is 13.0. The lowest BCUT2D eigenvalue weighted by Gasteiger charge is -2.32. The standard InChI is InChI=1S/C22H28FN3O3/c1-16(22(27)24-19-7-5-18(23)6-8-19)26-12-10-25(11-13-26)15-17-4-9-20(28-2)21(14-17)29-3/h4-9,14,16H,10-13,15H2,1-3H3,(H,24,27)/p+2/t16-/m0/s1. The van der Waals surface area contributed by atoms with Crippen LogP contribution in [0.5, 0.6) is 11.5 Å². The van der Waals surface area contributed by atoms with Crippen LogP contribution in [0, 0.1) is 5.82 Å². The Morgan fingerprint density at radius 2 is 1.69 bits per heavy atom. The molecule has 6 nitrogen and oxygen atoms in total. The maximum absolute atomic E-state index is 13.0. The van der Waals surface area contributed by atoms with Crippen LogP contribution in [-0.4, -0.2) is 52.3 Å². The predicted octanol–water partition coefficient (Wildman–Crippen LogP) is 0.154. The number of quaternary nitrogens is 2. The molecule has 0 aliphatic carbocycles. The van der Waals surface area contributed by atoms with Crippen LogP contribution in [0.1, 0.15) is 12.5 Å². The predicted molar refractivity (Wildman–Crippen MR) is 109 cm³/mol. The molecule has 1 atom stereocenters.